The SMILES string of the molecule is O=C(O)c1cccc(Nc2ccccn2)c1. The fourth-order valence-electron chi connectivity index (χ4n) is 1.31. The Morgan fingerprint density at radius 2 is 2.06 bits per heavy atom. The van der Waals surface area contributed by atoms with Crippen LogP contribution in [0.1, 0.15) is 10.4 Å². The molecule has 0 radical (unpaired) electrons. The third kappa shape index (κ3) is 2.36. The first-order valence-corrected chi connectivity index (χ1v) is 4.77. The first-order valence-electron chi connectivity index (χ1n) is 4.77. The number of aromatic nitrogens is 1. The number of hydrogen-bond acceptors (Lipinski definition) is 3. The number of benzene rings is 1. The van der Waals surface area contributed by atoms with Crippen molar-refractivity contribution in [3.05, 3.63) is 54.2 Å². The molecule has 1 aromatic heterocycles. The molecular weight excluding hydrogens is 204 g/mol. The fraction of sp³-hybridized carbons (Fsp3) is 0. The van der Waals surface area contributed by atoms with Gasteiger partial charge in [0.25, 0.3) is 0 Å². The Morgan fingerprint density at radius 3 is 2.75 bits per heavy atom. The molecule has 0 fully saturated rings. The summed E-state index contributed by atoms with van der Waals surface area (Å²) in [6.45, 7) is 0. The van der Waals surface area contributed by atoms with Crippen LogP contribution in [-0.4, -0.2) is 16.1 Å². The van der Waals surface area contributed by atoms with Crippen LogP contribution < -0.4 is 5.32 Å². The maximum absolute atomic E-state index is 10.8. The van der Waals surface area contributed by atoms with E-state index in [1.54, 1.807) is 30.5 Å². The second-order valence-electron chi connectivity index (χ2n) is 3.23. The minimum absolute atomic E-state index is 0.251. The second kappa shape index (κ2) is 4.44. The van der Waals surface area contributed by atoms with Gasteiger partial charge < -0.3 is 10.4 Å². The van der Waals surface area contributed by atoms with Gasteiger partial charge in [0.1, 0.15) is 5.82 Å². The van der Waals surface area contributed by atoms with Crippen molar-refractivity contribution in [3.63, 3.8) is 0 Å². The molecule has 2 aromatic rings. The number of aromatic carboxylic acids is 1. The van der Waals surface area contributed by atoms with Crippen molar-refractivity contribution < 1.29 is 9.90 Å². The number of pyridine rings is 1. The highest BCUT2D eigenvalue weighted by Crippen LogP contribution is 2.15. The summed E-state index contributed by atoms with van der Waals surface area (Å²) in [6, 6.07) is 12.1. The van der Waals surface area contributed by atoms with Gasteiger partial charge in [0.15, 0.2) is 0 Å². The Hall–Kier alpha value is -2.36. The topological polar surface area (TPSA) is 62.2 Å². The Kier molecular flexibility index (Phi) is 2.82. The van der Waals surface area contributed by atoms with E-state index in [1.165, 1.54) is 0 Å². The lowest BCUT2D eigenvalue weighted by Gasteiger charge is -2.05. The summed E-state index contributed by atoms with van der Waals surface area (Å²) in [4.78, 5) is 14.9. The van der Waals surface area contributed by atoms with Gasteiger partial charge in [-0.2, -0.15) is 0 Å². The van der Waals surface area contributed by atoms with E-state index < -0.39 is 5.97 Å². The largest absolute Gasteiger partial charge is 0.478 e. The highest BCUT2D eigenvalue weighted by Gasteiger charge is 2.03. The van der Waals surface area contributed by atoms with Crippen molar-refractivity contribution in [3.8, 4) is 0 Å². The molecule has 4 nitrogen and oxygen atoms in total. The van der Waals surface area contributed by atoms with Gasteiger partial charge in [0, 0.05) is 11.9 Å². The lowest BCUT2D eigenvalue weighted by molar-refractivity contribution is 0.0697. The van der Waals surface area contributed by atoms with Gasteiger partial charge in [-0.05, 0) is 30.3 Å². The molecule has 0 aliphatic heterocycles. The summed E-state index contributed by atoms with van der Waals surface area (Å²) in [5, 5.41) is 11.9. The number of carboxylic acids is 1. The van der Waals surface area contributed by atoms with E-state index in [2.05, 4.69) is 10.3 Å². The smallest absolute Gasteiger partial charge is 0.335 e. The zero-order valence-electron chi connectivity index (χ0n) is 8.42. The Bertz CT molecular complexity index is 497. The average Bonchev–Trinajstić information content (AvgIpc) is 2.30. The maximum atomic E-state index is 10.8. The maximum Gasteiger partial charge on any atom is 0.335 e. The van der Waals surface area contributed by atoms with Crippen molar-refractivity contribution in [1.82, 2.24) is 4.98 Å². The quantitative estimate of drug-likeness (QED) is 0.824. The van der Waals surface area contributed by atoms with Crippen molar-refractivity contribution in [2.75, 3.05) is 5.32 Å². The normalized spacial score (nSPS) is 9.75. The molecule has 0 unspecified atom stereocenters. The zero-order valence-corrected chi connectivity index (χ0v) is 8.42. The van der Waals surface area contributed by atoms with E-state index in [0.29, 0.717) is 11.5 Å². The van der Waals surface area contributed by atoms with Crippen molar-refractivity contribution in [1.29, 1.82) is 0 Å². The van der Waals surface area contributed by atoms with Crippen molar-refractivity contribution >= 4 is 17.5 Å². The van der Waals surface area contributed by atoms with Crippen LogP contribution in [0.2, 0.25) is 0 Å². The van der Waals surface area contributed by atoms with Gasteiger partial charge in [-0.15, -0.1) is 0 Å². The van der Waals surface area contributed by atoms with Gasteiger partial charge in [0.05, 0.1) is 5.56 Å². The number of nitrogens with zero attached hydrogens (tertiary/aromatic N) is 1. The number of rotatable bonds is 3. The van der Waals surface area contributed by atoms with Crippen LogP contribution in [-0.2, 0) is 0 Å². The van der Waals surface area contributed by atoms with Crippen LogP contribution in [0.25, 0.3) is 0 Å². The number of hydrogen-bond donors (Lipinski definition) is 2. The van der Waals surface area contributed by atoms with E-state index >= 15 is 0 Å². The molecule has 0 saturated heterocycles. The standard InChI is InChI=1S/C12H10N2O2/c15-12(16)9-4-3-5-10(8-9)14-11-6-1-2-7-13-11/h1-8H,(H,13,14)(H,15,16). The molecule has 80 valence electrons. The molecule has 0 aliphatic carbocycles. The van der Waals surface area contributed by atoms with E-state index in [9.17, 15) is 4.79 Å². The van der Waals surface area contributed by atoms with E-state index in [-0.39, 0.29) is 5.56 Å². The molecule has 0 amide bonds. The molecule has 0 atom stereocenters. The van der Waals surface area contributed by atoms with Gasteiger partial charge in [-0.1, -0.05) is 12.1 Å². The summed E-state index contributed by atoms with van der Waals surface area (Å²) in [5.41, 5.74) is 0.958. The minimum atomic E-state index is -0.940. The molecule has 1 heterocycles. The first kappa shape index (κ1) is 10.2. The Labute approximate surface area is 92.6 Å². The Balaban J connectivity index is 2.22. The molecule has 0 saturated carbocycles. The highest BCUT2D eigenvalue weighted by atomic mass is 16.4. The van der Waals surface area contributed by atoms with Crippen LogP contribution in [0.15, 0.2) is 48.7 Å². The van der Waals surface area contributed by atoms with Crippen LogP contribution in [0.5, 0.6) is 0 Å². The van der Waals surface area contributed by atoms with Crippen LogP contribution in [0, 0.1) is 0 Å². The summed E-state index contributed by atoms with van der Waals surface area (Å²) in [6.07, 6.45) is 1.67. The highest BCUT2D eigenvalue weighted by molar-refractivity contribution is 5.89. The predicted molar refractivity (Wildman–Crippen MR) is 60.9 cm³/mol. The molecule has 4 heteroatoms. The number of carboxylic acid groups (broad SMARTS) is 1. The zero-order chi connectivity index (χ0) is 11.4. The monoisotopic (exact) mass is 214 g/mol. The molecular formula is C12H10N2O2. The number of nitrogens with one attached hydrogen (secondary N) is 1. The van der Waals surface area contributed by atoms with Gasteiger partial charge in [0.2, 0.25) is 0 Å². The van der Waals surface area contributed by atoms with Gasteiger partial charge in [-0.3, -0.25) is 0 Å². The predicted octanol–water partition coefficient (Wildman–Crippen LogP) is 2.52. The van der Waals surface area contributed by atoms with Crippen LogP contribution in [0.3, 0.4) is 0 Å². The molecule has 2 rings (SSSR count). The fourth-order valence-corrected chi connectivity index (χ4v) is 1.31. The molecule has 0 bridgehead atoms. The number of carbonyl (C=O) groups is 1. The first-order chi connectivity index (χ1) is 7.75. The molecule has 1 aromatic carbocycles. The molecule has 16 heavy (non-hydrogen) atoms. The molecule has 2 N–H and O–H groups in total. The average molecular weight is 214 g/mol. The van der Waals surface area contributed by atoms with Crippen molar-refractivity contribution in [2.45, 2.75) is 0 Å². The van der Waals surface area contributed by atoms with E-state index in [4.69, 9.17) is 5.11 Å². The summed E-state index contributed by atoms with van der Waals surface area (Å²) < 4.78 is 0. The van der Waals surface area contributed by atoms with Crippen LogP contribution >= 0.6 is 0 Å². The van der Waals surface area contributed by atoms with E-state index in [0.717, 1.165) is 0 Å². The van der Waals surface area contributed by atoms with Crippen molar-refractivity contribution in [2.24, 2.45) is 0 Å². The summed E-state index contributed by atoms with van der Waals surface area (Å²) in [7, 11) is 0. The van der Waals surface area contributed by atoms with Crippen LogP contribution in [0.4, 0.5) is 11.5 Å². The Morgan fingerprint density at radius 1 is 1.19 bits per heavy atom. The van der Waals surface area contributed by atoms with Gasteiger partial charge >= 0.3 is 5.97 Å². The number of anilines is 2. The lowest BCUT2D eigenvalue weighted by Crippen LogP contribution is -1.98. The summed E-state index contributed by atoms with van der Waals surface area (Å²) in [5.74, 6) is -0.255. The lowest BCUT2D eigenvalue weighted by atomic mass is 10.2. The van der Waals surface area contributed by atoms with Gasteiger partial charge in [-0.25, -0.2) is 9.78 Å². The van der Waals surface area contributed by atoms with E-state index in [1.807, 2.05) is 18.2 Å². The molecule has 0 spiro atoms. The third-order valence-corrected chi connectivity index (χ3v) is 2.05. The third-order valence-electron chi connectivity index (χ3n) is 2.05. The molecule has 0 aliphatic rings. The second-order valence-corrected chi connectivity index (χ2v) is 3.23. The minimum Gasteiger partial charge on any atom is -0.478 e. The summed E-state index contributed by atoms with van der Waals surface area (Å²) >= 11 is 0.